The van der Waals surface area contributed by atoms with E-state index in [1.54, 1.807) is 38.3 Å². The van der Waals surface area contributed by atoms with E-state index < -0.39 is 17.5 Å². The Hall–Kier alpha value is -3.13. The van der Waals surface area contributed by atoms with Gasteiger partial charge in [0.25, 0.3) is 5.91 Å². The molecular weight excluding hydrogens is 376 g/mol. The number of carbonyl (C=O) groups is 2. The molecule has 0 aliphatic carbocycles. The minimum atomic E-state index is -1.18. The van der Waals surface area contributed by atoms with Crippen LogP contribution in [0.15, 0.2) is 54.6 Å². The maximum atomic E-state index is 12.9. The summed E-state index contributed by atoms with van der Waals surface area (Å²) in [5.41, 5.74) is 3.31. The van der Waals surface area contributed by atoms with Gasteiger partial charge < -0.3 is 15.4 Å². The van der Waals surface area contributed by atoms with Gasteiger partial charge in [-0.25, -0.2) is 4.79 Å². The first kappa shape index (κ1) is 19.6. The molecule has 1 aliphatic heterocycles. The van der Waals surface area contributed by atoms with Crippen molar-refractivity contribution in [3.63, 3.8) is 0 Å². The van der Waals surface area contributed by atoms with E-state index in [0.717, 1.165) is 11.4 Å². The lowest BCUT2D eigenvalue weighted by Crippen LogP contribution is -2.51. The molecule has 2 aromatic carbocycles. The molecule has 3 N–H and O–H groups in total. The van der Waals surface area contributed by atoms with Crippen LogP contribution in [0.4, 0.5) is 4.79 Å². The Morgan fingerprint density at radius 2 is 1.82 bits per heavy atom. The molecule has 146 valence electrons. The van der Waals surface area contributed by atoms with Gasteiger partial charge in [-0.05, 0) is 48.8 Å². The number of imide groups is 1. The summed E-state index contributed by atoms with van der Waals surface area (Å²) >= 11 is 5.22. The molecule has 2 aromatic rings. The topological polar surface area (TPSA) is 82.7 Å². The summed E-state index contributed by atoms with van der Waals surface area (Å²) in [6, 6.07) is 16.4. The van der Waals surface area contributed by atoms with Crippen LogP contribution in [0.1, 0.15) is 18.1 Å². The zero-order valence-electron chi connectivity index (χ0n) is 15.7. The average molecular weight is 398 g/mol. The van der Waals surface area contributed by atoms with Gasteiger partial charge in [-0.15, -0.1) is 0 Å². The molecule has 3 rings (SSSR count). The lowest BCUT2D eigenvalue weighted by Gasteiger charge is -2.23. The molecule has 1 saturated heterocycles. The summed E-state index contributed by atoms with van der Waals surface area (Å²) in [6.07, 6.45) is 0.770. The van der Waals surface area contributed by atoms with Crippen molar-refractivity contribution in [3.8, 4) is 5.75 Å². The smallest absolute Gasteiger partial charge is 0.344 e. The molecule has 28 heavy (non-hydrogen) atoms. The van der Waals surface area contributed by atoms with Gasteiger partial charge in [-0.1, -0.05) is 42.5 Å². The largest absolute Gasteiger partial charge is 0.497 e. The van der Waals surface area contributed by atoms with E-state index in [4.69, 9.17) is 17.0 Å². The van der Waals surface area contributed by atoms with Crippen LogP contribution in [0.5, 0.6) is 5.75 Å². The van der Waals surface area contributed by atoms with E-state index in [2.05, 4.69) is 16.1 Å². The number of carbonyl (C=O) groups excluding carboxylic acids is 2. The van der Waals surface area contributed by atoms with Crippen molar-refractivity contribution in [2.75, 3.05) is 13.7 Å². The third kappa shape index (κ3) is 4.07. The van der Waals surface area contributed by atoms with E-state index in [1.807, 2.05) is 30.3 Å². The average Bonchev–Trinajstić information content (AvgIpc) is 2.93. The van der Waals surface area contributed by atoms with Gasteiger partial charge in [0.2, 0.25) is 0 Å². The highest BCUT2D eigenvalue weighted by Crippen LogP contribution is 2.29. The van der Waals surface area contributed by atoms with Crippen molar-refractivity contribution >= 4 is 29.3 Å². The van der Waals surface area contributed by atoms with E-state index in [0.29, 0.717) is 17.9 Å². The summed E-state index contributed by atoms with van der Waals surface area (Å²) in [6.45, 7) is 2.23. The first-order valence-electron chi connectivity index (χ1n) is 8.83. The van der Waals surface area contributed by atoms with Crippen LogP contribution in [0, 0.1) is 0 Å². The molecule has 0 saturated carbocycles. The number of urea groups is 1. The van der Waals surface area contributed by atoms with Gasteiger partial charge in [0.1, 0.15) is 11.3 Å². The van der Waals surface area contributed by atoms with Crippen molar-refractivity contribution in [1.82, 2.24) is 21.1 Å². The molecule has 3 amide bonds. The van der Waals surface area contributed by atoms with Crippen LogP contribution in [0.2, 0.25) is 0 Å². The molecule has 0 spiro atoms. The number of methoxy groups -OCH3 is 1. The second kappa shape index (κ2) is 8.26. The number of hydrogen-bond donors (Lipinski definition) is 3. The monoisotopic (exact) mass is 398 g/mol. The molecule has 1 fully saturated rings. The Balaban J connectivity index is 1.60. The van der Waals surface area contributed by atoms with Crippen LogP contribution < -0.4 is 20.8 Å². The molecular formula is C20H22N4O3S. The summed E-state index contributed by atoms with van der Waals surface area (Å²) < 4.78 is 5.14. The van der Waals surface area contributed by atoms with Crippen LogP contribution >= 0.6 is 12.2 Å². The quantitative estimate of drug-likeness (QED) is 0.511. The third-order valence-electron chi connectivity index (χ3n) is 4.61. The van der Waals surface area contributed by atoms with E-state index in [-0.39, 0.29) is 5.11 Å². The number of benzene rings is 2. The zero-order valence-corrected chi connectivity index (χ0v) is 16.5. The third-order valence-corrected chi connectivity index (χ3v) is 4.85. The van der Waals surface area contributed by atoms with Crippen molar-refractivity contribution in [3.05, 3.63) is 65.7 Å². The van der Waals surface area contributed by atoms with Gasteiger partial charge in [-0.2, -0.15) is 5.01 Å². The molecule has 0 radical (unpaired) electrons. The van der Waals surface area contributed by atoms with E-state index in [1.165, 1.54) is 5.56 Å². The zero-order chi connectivity index (χ0) is 20.1. The Kier molecular flexibility index (Phi) is 5.79. The SMILES string of the molecule is COc1ccc([C@]2(C)NC(=O)N(NC(=S)NCCc3ccccc3)C2=O)cc1. The minimum Gasteiger partial charge on any atom is -0.497 e. The second-order valence-electron chi connectivity index (χ2n) is 6.53. The second-order valence-corrected chi connectivity index (χ2v) is 6.94. The molecule has 1 heterocycles. The van der Waals surface area contributed by atoms with Gasteiger partial charge in [0.05, 0.1) is 7.11 Å². The predicted octanol–water partition coefficient (Wildman–Crippen LogP) is 2.08. The molecule has 0 unspecified atom stereocenters. The Morgan fingerprint density at radius 3 is 2.46 bits per heavy atom. The fourth-order valence-electron chi connectivity index (χ4n) is 2.97. The number of hydrogen-bond acceptors (Lipinski definition) is 4. The highest BCUT2D eigenvalue weighted by molar-refractivity contribution is 7.80. The molecule has 0 bridgehead atoms. The minimum absolute atomic E-state index is 0.207. The number of hydrazine groups is 1. The van der Waals surface area contributed by atoms with Crippen LogP contribution in [-0.4, -0.2) is 35.7 Å². The van der Waals surface area contributed by atoms with E-state index in [9.17, 15) is 9.59 Å². The maximum Gasteiger partial charge on any atom is 0.344 e. The van der Waals surface area contributed by atoms with Crippen LogP contribution in [0.3, 0.4) is 0 Å². The summed E-state index contributed by atoms with van der Waals surface area (Å²) in [7, 11) is 1.57. The fraction of sp³-hybridized carbons (Fsp3) is 0.250. The van der Waals surface area contributed by atoms with Gasteiger partial charge >= 0.3 is 6.03 Å². The fourth-order valence-corrected chi connectivity index (χ4v) is 3.16. The summed E-state index contributed by atoms with van der Waals surface area (Å²) in [5, 5.41) is 6.84. The molecule has 8 heteroatoms. The lowest BCUT2D eigenvalue weighted by atomic mass is 9.92. The number of rotatable bonds is 6. The Bertz CT molecular complexity index is 873. The van der Waals surface area contributed by atoms with Crippen molar-refractivity contribution in [1.29, 1.82) is 0 Å². The summed E-state index contributed by atoms with van der Waals surface area (Å²) in [5.74, 6) is 0.234. The van der Waals surface area contributed by atoms with Crippen LogP contribution in [-0.2, 0) is 16.8 Å². The summed E-state index contributed by atoms with van der Waals surface area (Å²) in [4.78, 5) is 25.2. The highest BCUT2D eigenvalue weighted by atomic mass is 32.1. The molecule has 7 nitrogen and oxygen atoms in total. The number of nitrogens with zero attached hydrogens (tertiary/aromatic N) is 1. The Morgan fingerprint density at radius 1 is 1.14 bits per heavy atom. The first-order chi connectivity index (χ1) is 13.4. The lowest BCUT2D eigenvalue weighted by molar-refractivity contribution is -0.132. The number of thiocarbonyl (C=S) groups is 1. The number of amides is 3. The highest BCUT2D eigenvalue weighted by Gasteiger charge is 2.49. The number of nitrogens with one attached hydrogen (secondary N) is 3. The van der Waals surface area contributed by atoms with Gasteiger partial charge in [0, 0.05) is 6.54 Å². The van der Waals surface area contributed by atoms with Crippen molar-refractivity contribution < 1.29 is 14.3 Å². The maximum absolute atomic E-state index is 12.9. The molecule has 1 atom stereocenters. The Labute approximate surface area is 169 Å². The molecule has 0 aromatic heterocycles. The molecule has 1 aliphatic rings. The normalized spacial score (nSPS) is 18.6. The van der Waals surface area contributed by atoms with Gasteiger partial charge in [-0.3, -0.25) is 10.2 Å². The van der Waals surface area contributed by atoms with Crippen LogP contribution in [0.25, 0.3) is 0 Å². The van der Waals surface area contributed by atoms with Crippen molar-refractivity contribution in [2.45, 2.75) is 18.9 Å². The number of ether oxygens (including phenoxy) is 1. The van der Waals surface area contributed by atoms with Gasteiger partial charge in [0.15, 0.2) is 5.11 Å². The first-order valence-corrected chi connectivity index (χ1v) is 9.24. The standard InChI is InChI=1S/C20H22N4O3S/c1-20(15-8-10-16(27-2)11-9-15)17(25)24(19(26)22-20)23-18(28)21-13-12-14-6-4-3-5-7-14/h3-11H,12-13H2,1-2H3,(H,22,26)(H2,21,23,28)/t20-/m0/s1. The van der Waals surface area contributed by atoms with E-state index >= 15 is 0 Å². The van der Waals surface area contributed by atoms with Crippen molar-refractivity contribution in [2.24, 2.45) is 0 Å². The predicted molar refractivity (Wildman–Crippen MR) is 110 cm³/mol.